The maximum Gasteiger partial charge on any atom is 0.225 e. The van der Waals surface area contributed by atoms with E-state index in [1.54, 1.807) is 0 Å². The van der Waals surface area contributed by atoms with Crippen LogP contribution in [0.4, 0.5) is 5.69 Å². The first-order valence-electron chi connectivity index (χ1n) is 7.39. The highest BCUT2D eigenvalue weighted by atomic mass is 16.5. The lowest BCUT2D eigenvalue weighted by atomic mass is 10.1. The molecule has 1 aliphatic rings. The number of benzene rings is 1. The molecule has 110 valence electrons. The quantitative estimate of drug-likeness (QED) is 0.840. The minimum atomic E-state index is 0.0606. The lowest BCUT2D eigenvalue weighted by Crippen LogP contribution is -2.27. The topological polar surface area (TPSA) is 50.4 Å². The number of hydrogen-bond acceptors (Lipinski definition) is 3. The van der Waals surface area contributed by atoms with Crippen molar-refractivity contribution in [2.45, 2.75) is 39.2 Å². The summed E-state index contributed by atoms with van der Waals surface area (Å²) in [6.07, 6.45) is 2.79. The van der Waals surface area contributed by atoms with Crippen LogP contribution in [0.2, 0.25) is 0 Å². The minimum Gasteiger partial charge on any atom is -0.493 e. The molecule has 0 saturated carbocycles. The number of rotatable bonds is 6. The van der Waals surface area contributed by atoms with Gasteiger partial charge < -0.3 is 15.4 Å². The molecule has 1 amide bonds. The fraction of sp³-hybridized carbons (Fsp3) is 0.562. The SMILES string of the molecule is CC(C)COc1cccc(NC(=O)CC2CCCN2)c1. The summed E-state index contributed by atoms with van der Waals surface area (Å²) in [7, 11) is 0. The van der Waals surface area contributed by atoms with E-state index >= 15 is 0 Å². The zero-order valence-electron chi connectivity index (χ0n) is 12.3. The Bertz CT molecular complexity index is 440. The van der Waals surface area contributed by atoms with Gasteiger partial charge >= 0.3 is 0 Å². The molecule has 1 fully saturated rings. The van der Waals surface area contributed by atoms with Gasteiger partial charge in [0.05, 0.1) is 6.61 Å². The van der Waals surface area contributed by atoms with Crippen molar-refractivity contribution in [3.8, 4) is 5.75 Å². The largest absolute Gasteiger partial charge is 0.493 e. The maximum absolute atomic E-state index is 12.0. The molecule has 0 radical (unpaired) electrons. The van der Waals surface area contributed by atoms with Crippen LogP contribution in [0.3, 0.4) is 0 Å². The number of carbonyl (C=O) groups excluding carboxylic acids is 1. The fourth-order valence-corrected chi connectivity index (χ4v) is 2.29. The van der Waals surface area contributed by atoms with Crippen LogP contribution in [-0.4, -0.2) is 25.1 Å². The van der Waals surface area contributed by atoms with Crippen LogP contribution in [0.5, 0.6) is 5.75 Å². The fourth-order valence-electron chi connectivity index (χ4n) is 2.29. The van der Waals surface area contributed by atoms with Gasteiger partial charge in [-0.15, -0.1) is 0 Å². The van der Waals surface area contributed by atoms with E-state index in [-0.39, 0.29) is 5.91 Å². The first-order chi connectivity index (χ1) is 9.63. The van der Waals surface area contributed by atoms with Gasteiger partial charge in [0.25, 0.3) is 0 Å². The number of nitrogens with one attached hydrogen (secondary N) is 2. The van der Waals surface area contributed by atoms with E-state index in [0.717, 1.165) is 30.8 Å². The summed E-state index contributed by atoms with van der Waals surface area (Å²) in [5.41, 5.74) is 0.800. The van der Waals surface area contributed by atoms with Gasteiger partial charge in [-0.25, -0.2) is 0 Å². The summed E-state index contributed by atoms with van der Waals surface area (Å²) in [6.45, 7) is 5.93. The first-order valence-corrected chi connectivity index (χ1v) is 7.39. The molecule has 1 aliphatic heterocycles. The van der Waals surface area contributed by atoms with Crippen molar-refractivity contribution in [3.63, 3.8) is 0 Å². The molecule has 1 atom stereocenters. The Hall–Kier alpha value is -1.55. The normalized spacial score (nSPS) is 18.2. The van der Waals surface area contributed by atoms with Gasteiger partial charge in [-0.2, -0.15) is 0 Å². The van der Waals surface area contributed by atoms with Gasteiger partial charge in [0.2, 0.25) is 5.91 Å². The summed E-state index contributed by atoms with van der Waals surface area (Å²) in [5, 5.41) is 6.27. The second-order valence-electron chi connectivity index (χ2n) is 5.78. The summed E-state index contributed by atoms with van der Waals surface area (Å²) >= 11 is 0. The van der Waals surface area contributed by atoms with Crippen LogP contribution >= 0.6 is 0 Å². The second kappa shape index (κ2) is 7.29. The first kappa shape index (κ1) is 14.9. The molecule has 2 N–H and O–H groups in total. The smallest absolute Gasteiger partial charge is 0.225 e. The van der Waals surface area contributed by atoms with Crippen LogP contribution in [-0.2, 0) is 4.79 Å². The molecule has 1 aromatic carbocycles. The zero-order valence-corrected chi connectivity index (χ0v) is 12.3. The zero-order chi connectivity index (χ0) is 14.4. The Morgan fingerprint density at radius 1 is 1.50 bits per heavy atom. The highest BCUT2D eigenvalue weighted by molar-refractivity contribution is 5.91. The summed E-state index contributed by atoms with van der Waals surface area (Å²) in [4.78, 5) is 12.0. The molecule has 0 aromatic heterocycles. The van der Waals surface area contributed by atoms with Crippen molar-refractivity contribution >= 4 is 11.6 Å². The summed E-state index contributed by atoms with van der Waals surface area (Å²) < 4.78 is 5.66. The molecule has 0 spiro atoms. The van der Waals surface area contributed by atoms with E-state index in [1.165, 1.54) is 0 Å². The van der Waals surface area contributed by atoms with Crippen LogP contribution in [0, 0.1) is 5.92 Å². The van der Waals surface area contributed by atoms with Crippen LogP contribution < -0.4 is 15.4 Å². The molecule has 4 nitrogen and oxygen atoms in total. The predicted octanol–water partition coefficient (Wildman–Crippen LogP) is 2.80. The van der Waals surface area contributed by atoms with Crippen molar-refractivity contribution in [1.82, 2.24) is 5.32 Å². The molecule has 1 heterocycles. The van der Waals surface area contributed by atoms with Gasteiger partial charge in [-0.3, -0.25) is 4.79 Å². The Morgan fingerprint density at radius 2 is 2.35 bits per heavy atom. The summed E-state index contributed by atoms with van der Waals surface area (Å²) in [5.74, 6) is 1.35. The molecule has 1 saturated heterocycles. The molecule has 20 heavy (non-hydrogen) atoms. The number of carbonyl (C=O) groups is 1. The number of hydrogen-bond donors (Lipinski definition) is 2. The van der Waals surface area contributed by atoms with Gasteiger partial charge in [-0.05, 0) is 37.4 Å². The highest BCUT2D eigenvalue weighted by Gasteiger charge is 2.17. The van der Waals surface area contributed by atoms with Crippen molar-refractivity contribution in [2.75, 3.05) is 18.5 Å². The Kier molecular flexibility index (Phi) is 5.41. The molecule has 0 bridgehead atoms. The van der Waals surface area contributed by atoms with Gasteiger partial charge in [0.1, 0.15) is 5.75 Å². The van der Waals surface area contributed by atoms with Gasteiger partial charge in [0, 0.05) is 24.2 Å². The number of anilines is 1. The van der Waals surface area contributed by atoms with Crippen molar-refractivity contribution in [2.24, 2.45) is 5.92 Å². The van der Waals surface area contributed by atoms with E-state index in [9.17, 15) is 4.79 Å². The van der Waals surface area contributed by atoms with Gasteiger partial charge in [-0.1, -0.05) is 19.9 Å². The second-order valence-corrected chi connectivity index (χ2v) is 5.78. The Balaban J connectivity index is 1.85. The van der Waals surface area contributed by atoms with Crippen LogP contribution in [0.1, 0.15) is 33.1 Å². The van der Waals surface area contributed by atoms with E-state index in [2.05, 4.69) is 24.5 Å². The maximum atomic E-state index is 12.0. The predicted molar refractivity (Wildman–Crippen MR) is 81.0 cm³/mol. The molecule has 0 aliphatic carbocycles. The lowest BCUT2D eigenvalue weighted by molar-refractivity contribution is -0.116. The average molecular weight is 276 g/mol. The van der Waals surface area contributed by atoms with Crippen molar-refractivity contribution in [1.29, 1.82) is 0 Å². The van der Waals surface area contributed by atoms with Crippen molar-refractivity contribution in [3.05, 3.63) is 24.3 Å². The van der Waals surface area contributed by atoms with E-state index < -0.39 is 0 Å². The molecule has 1 unspecified atom stereocenters. The monoisotopic (exact) mass is 276 g/mol. The molecule has 1 aromatic rings. The highest BCUT2D eigenvalue weighted by Crippen LogP contribution is 2.19. The Labute approximate surface area is 120 Å². The lowest BCUT2D eigenvalue weighted by Gasteiger charge is -2.12. The van der Waals surface area contributed by atoms with Crippen LogP contribution in [0.25, 0.3) is 0 Å². The summed E-state index contributed by atoms with van der Waals surface area (Å²) in [6, 6.07) is 7.91. The van der Waals surface area contributed by atoms with Gasteiger partial charge in [0.15, 0.2) is 0 Å². The van der Waals surface area contributed by atoms with E-state index in [1.807, 2.05) is 24.3 Å². The molecular formula is C16H24N2O2. The number of ether oxygens (including phenoxy) is 1. The molecule has 2 rings (SSSR count). The van der Waals surface area contributed by atoms with Crippen LogP contribution in [0.15, 0.2) is 24.3 Å². The molecule has 4 heteroatoms. The third kappa shape index (κ3) is 4.85. The number of amides is 1. The average Bonchev–Trinajstić information content (AvgIpc) is 2.89. The van der Waals surface area contributed by atoms with Crippen molar-refractivity contribution < 1.29 is 9.53 Å². The van der Waals surface area contributed by atoms with E-state index in [0.29, 0.717) is 25.0 Å². The third-order valence-electron chi connectivity index (χ3n) is 3.30. The Morgan fingerprint density at radius 3 is 3.05 bits per heavy atom. The van der Waals surface area contributed by atoms with E-state index in [4.69, 9.17) is 4.74 Å². The minimum absolute atomic E-state index is 0.0606. The molecular weight excluding hydrogens is 252 g/mol. The standard InChI is InChI=1S/C16H24N2O2/c1-12(2)11-20-15-7-3-5-14(9-15)18-16(19)10-13-6-4-8-17-13/h3,5,7,9,12-13,17H,4,6,8,10-11H2,1-2H3,(H,18,19). The third-order valence-corrected chi connectivity index (χ3v) is 3.30.